The van der Waals surface area contributed by atoms with E-state index in [0.717, 1.165) is 18.2 Å². The highest BCUT2D eigenvalue weighted by Crippen LogP contribution is 2.28. The molecule has 2 rings (SSSR count). The van der Waals surface area contributed by atoms with Gasteiger partial charge in [-0.25, -0.2) is 13.8 Å². The normalized spacial score (nSPS) is 10.3. The lowest BCUT2D eigenvalue weighted by molar-refractivity contribution is 0.412. The van der Waals surface area contributed by atoms with E-state index in [9.17, 15) is 8.78 Å². The van der Waals surface area contributed by atoms with Crippen molar-refractivity contribution >= 4 is 11.3 Å². The molecule has 2 nitrogen and oxygen atoms in total. The fraction of sp³-hybridized carbons (Fsp3) is 0.100. The van der Waals surface area contributed by atoms with E-state index in [4.69, 9.17) is 4.74 Å². The first-order valence-electron chi connectivity index (χ1n) is 4.15. The number of nitrogens with zero attached hydrogens (tertiary/aromatic N) is 1. The molecule has 0 aliphatic carbocycles. The minimum atomic E-state index is -0.496. The average molecular weight is 227 g/mol. The topological polar surface area (TPSA) is 22.1 Å². The maximum Gasteiger partial charge on any atom is 0.273 e. The van der Waals surface area contributed by atoms with Crippen molar-refractivity contribution in [2.45, 2.75) is 0 Å². The van der Waals surface area contributed by atoms with Crippen LogP contribution in [0.3, 0.4) is 0 Å². The van der Waals surface area contributed by atoms with Crippen molar-refractivity contribution in [3.63, 3.8) is 0 Å². The van der Waals surface area contributed by atoms with E-state index in [1.54, 1.807) is 5.38 Å². The molecule has 0 aliphatic rings. The van der Waals surface area contributed by atoms with Crippen LogP contribution in [0.15, 0.2) is 23.6 Å². The number of methoxy groups -OCH3 is 1. The van der Waals surface area contributed by atoms with Gasteiger partial charge in [0.1, 0.15) is 11.6 Å². The Morgan fingerprint density at radius 1 is 1.33 bits per heavy atom. The van der Waals surface area contributed by atoms with Gasteiger partial charge in [-0.3, -0.25) is 0 Å². The van der Waals surface area contributed by atoms with Gasteiger partial charge in [0.25, 0.3) is 5.19 Å². The van der Waals surface area contributed by atoms with E-state index in [-0.39, 0.29) is 5.56 Å². The van der Waals surface area contributed by atoms with Crippen LogP contribution in [0.2, 0.25) is 0 Å². The van der Waals surface area contributed by atoms with Gasteiger partial charge >= 0.3 is 0 Å². The first-order valence-corrected chi connectivity index (χ1v) is 5.03. The molecule has 0 atom stereocenters. The van der Waals surface area contributed by atoms with Gasteiger partial charge in [-0.2, -0.15) is 0 Å². The average Bonchev–Trinajstić information content (AvgIpc) is 2.70. The van der Waals surface area contributed by atoms with Gasteiger partial charge in [-0.1, -0.05) is 11.3 Å². The van der Waals surface area contributed by atoms with E-state index in [0.29, 0.717) is 10.9 Å². The predicted octanol–water partition coefficient (Wildman–Crippen LogP) is 3.10. The molecule has 0 amide bonds. The van der Waals surface area contributed by atoms with E-state index in [1.165, 1.54) is 18.4 Å². The summed E-state index contributed by atoms with van der Waals surface area (Å²) < 4.78 is 31.1. The van der Waals surface area contributed by atoms with E-state index in [1.807, 2.05) is 0 Å². The quantitative estimate of drug-likeness (QED) is 0.786. The molecule has 0 saturated heterocycles. The standard InChI is InChI=1S/C10H7F2NOS/c1-14-10-13-9(5-15-10)7-4-6(11)2-3-8(7)12/h2-5H,1H3. The summed E-state index contributed by atoms with van der Waals surface area (Å²) in [6.45, 7) is 0. The molecule has 1 heterocycles. The zero-order valence-corrected chi connectivity index (χ0v) is 8.65. The molecule has 1 aromatic carbocycles. The maximum absolute atomic E-state index is 13.3. The van der Waals surface area contributed by atoms with E-state index < -0.39 is 11.6 Å². The van der Waals surface area contributed by atoms with Crippen LogP contribution in [-0.4, -0.2) is 12.1 Å². The van der Waals surface area contributed by atoms with Crippen molar-refractivity contribution in [1.29, 1.82) is 0 Å². The molecule has 5 heteroatoms. The summed E-state index contributed by atoms with van der Waals surface area (Å²) in [5.74, 6) is -0.984. The van der Waals surface area contributed by atoms with Crippen molar-refractivity contribution < 1.29 is 13.5 Å². The number of ether oxygens (including phenoxy) is 1. The third-order valence-electron chi connectivity index (χ3n) is 1.86. The minimum Gasteiger partial charge on any atom is -0.473 e. The fourth-order valence-corrected chi connectivity index (χ4v) is 1.81. The molecule has 0 spiro atoms. The van der Waals surface area contributed by atoms with Gasteiger partial charge in [0, 0.05) is 10.9 Å². The summed E-state index contributed by atoms with van der Waals surface area (Å²) in [6, 6.07) is 3.27. The van der Waals surface area contributed by atoms with Crippen LogP contribution in [0.25, 0.3) is 11.3 Å². The van der Waals surface area contributed by atoms with Crippen molar-refractivity contribution in [3.05, 3.63) is 35.2 Å². The zero-order valence-electron chi connectivity index (χ0n) is 7.83. The molecular weight excluding hydrogens is 220 g/mol. The summed E-state index contributed by atoms with van der Waals surface area (Å²) in [5, 5.41) is 2.05. The number of aromatic nitrogens is 1. The number of rotatable bonds is 2. The highest BCUT2D eigenvalue weighted by molar-refractivity contribution is 7.11. The molecule has 15 heavy (non-hydrogen) atoms. The molecule has 0 aliphatic heterocycles. The van der Waals surface area contributed by atoms with Gasteiger partial charge in [-0.05, 0) is 18.2 Å². The SMILES string of the molecule is COc1nc(-c2cc(F)ccc2F)cs1. The Kier molecular flexibility index (Phi) is 2.64. The van der Waals surface area contributed by atoms with Crippen molar-refractivity contribution in [3.8, 4) is 16.5 Å². The molecule has 0 radical (unpaired) electrons. The van der Waals surface area contributed by atoms with E-state index >= 15 is 0 Å². The first-order chi connectivity index (χ1) is 7.20. The Bertz CT molecular complexity index is 484. The van der Waals surface area contributed by atoms with Gasteiger partial charge in [0.15, 0.2) is 0 Å². The second kappa shape index (κ2) is 3.94. The maximum atomic E-state index is 13.3. The van der Waals surface area contributed by atoms with Crippen molar-refractivity contribution in [2.75, 3.05) is 7.11 Å². The van der Waals surface area contributed by atoms with Gasteiger partial charge in [0.2, 0.25) is 0 Å². The highest BCUT2D eigenvalue weighted by Gasteiger charge is 2.10. The number of hydrogen-bond acceptors (Lipinski definition) is 3. The molecule has 0 unspecified atom stereocenters. The Balaban J connectivity index is 2.48. The molecule has 2 aromatic rings. The third kappa shape index (κ3) is 1.97. The largest absolute Gasteiger partial charge is 0.473 e. The molecule has 78 valence electrons. The summed E-state index contributed by atoms with van der Waals surface area (Å²) in [7, 11) is 1.48. The van der Waals surface area contributed by atoms with Crippen LogP contribution in [0.5, 0.6) is 5.19 Å². The Morgan fingerprint density at radius 2 is 2.13 bits per heavy atom. The molecular formula is C10H7F2NOS. The van der Waals surface area contributed by atoms with Crippen LogP contribution in [0.1, 0.15) is 0 Å². The van der Waals surface area contributed by atoms with Crippen molar-refractivity contribution in [1.82, 2.24) is 4.98 Å². The number of halogens is 2. The monoisotopic (exact) mass is 227 g/mol. The van der Waals surface area contributed by atoms with Crippen LogP contribution in [0.4, 0.5) is 8.78 Å². The molecule has 0 bridgehead atoms. The fourth-order valence-electron chi connectivity index (χ4n) is 1.17. The Morgan fingerprint density at radius 3 is 2.80 bits per heavy atom. The van der Waals surface area contributed by atoms with Crippen LogP contribution >= 0.6 is 11.3 Å². The molecule has 0 fully saturated rings. The lowest BCUT2D eigenvalue weighted by Crippen LogP contribution is -1.87. The molecule has 0 N–H and O–H groups in total. The third-order valence-corrected chi connectivity index (χ3v) is 2.66. The zero-order chi connectivity index (χ0) is 10.8. The lowest BCUT2D eigenvalue weighted by atomic mass is 10.1. The second-order valence-corrected chi connectivity index (χ2v) is 3.65. The van der Waals surface area contributed by atoms with Crippen LogP contribution < -0.4 is 4.74 Å². The van der Waals surface area contributed by atoms with Gasteiger partial charge in [-0.15, -0.1) is 0 Å². The summed E-state index contributed by atoms with van der Waals surface area (Å²) in [5.41, 5.74) is 0.531. The minimum absolute atomic E-state index is 0.148. The molecule has 0 saturated carbocycles. The van der Waals surface area contributed by atoms with Gasteiger partial charge in [0.05, 0.1) is 12.8 Å². The summed E-state index contributed by atoms with van der Waals surface area (Å²) in [4.78, 5) is 3.99. The number of hydrogen-bond donors (Lipinski definition) is 0. The van der Waals surface area contributed by atoms with Crippen molar-refractivity contribution in [2.24, 2.45) is 0 Å². The summed E-state index contributed by atoms with van der Waals surface area (Å²) in [6.07, 6.45) is 0. The van der Waals surface area contributed by atoms with E-state index in [2.05, 4.69) is 4.98 Å². The molecule has 1 aromatic heterocycles. The summed E-state index contributed by atoms with van der Waals surface area (Å²) >= 11 is 1.24. The van der Waals surface area contributed by atoms with Crippen LogP contribution in [0, 0.1) is 11.6 Å². The van der Waals surface area contributed by atoms with Gasteiger partial charge < -0.3 is 4.74 Å². The van der Waals surface area contributed by atoms with Crippen LogP contribution in [-0.2, 0) is 0 Å². The number of thiazole rings is 1. The second-order valence-electron chi connectivity index (χ2n) is 2.83. The highest BCUT2D eigenvalue weighted by atomic mass is 32.1. The smallest absolute Gasteiger partial charge is 0.273 e. The lowest BCUT2D eigenvalue weighted by Gasteiger charge is -1.98. The number of benzene rings is 1. The Hall–Kier alpha value is -1.49. The Labute approximate surface area is 89.2 Å². The predicted molar refractivity (Wildman–Crippen MR) is 54.0 cm³/mol. The first kappa shape index (κ1) is 10.0.